The number of carbonyl (C=O) groups is 1. The lowest BCUT2D eigenvalue weighted by Gasteiger charge is -2.45. The van der Waals surface area contributed by atoms with Gasteiger partial charge in [0.15, 0.2) is 0 Å². The van der Waals surface area contributed by atoms with Crippen LogP contribution in [0.3, 0.4) is 0 Å². The summed E-state index contributed by atoms with van der Waals surface area (Å²) in [4.78, 5) is 22.6. The predicted octanol–water partition coefficient (Wildman–Crippen LogP) is 4.17. The zero-order valence-electron chi connectivity index (χ0n) is 22.0. The van der Waals surface area contributed by atoms with E-state index in [0.29, 0.717) is 29.4 Å². The maximum atomic E-state index is 13.6. The summed E-state index contributed by atoms with van der Waals surface area (Å²) in [5.74, 6) is 1.33. The Morgan fingerprint density at radius 2 is 2.00 bits per heavy atom. The highest BCUT2D eigenvalue weighted by Gasteiger charge is 2.48. The fourth-order valence-corrected chi connectivity index (χ4v) is 6.09. The van der Waals surface area contributed by atoms with Crippen LogP contribution in [0, 0.1) is 12.8 Å². The molecule has 2 N–H and O–H groups in total. The molecule has 2 fully saturated rings. The smallest absolute Gasteiger partial charge is 0.259 e. The van der Waals surface area contributed by atoms with Gasteiger partial charge in [-0.3, -0.25) is 9.78 Å². The first kappa shape index (κ1) is 23.8. The summed E-state index contributed by atoms with van der Waals surface area (Å²) in [6, 6.07) is 3.99. The highest BCUT2D eigenvalue weighted by molar-refractivity contribution is 6.08. The second-order valence-electron chi connectivity index (χ2n) is 11.4. The van der Waals surface area contributed by atoms with E-state index < -0.39 is 0 Å². The summed E-state index contributed by atoms with van der Waals surface area (Å²) < 4.78 is 3.99. The number of carbonyl (C=O) groups excluding carboxylic acids is 1. The lowest BCUT2D eigenvalue weighted by atomic mass is 9.59. The number of pyridine rings is 2. The van der Waals surface area contributed by atoms with Gasteiger partial charge in [0.1, 0.15) is 17.8 Å². The Hall–Kier alpha value is -3.59. The van der Waals surface area contributed by atoms with Crippen molar-refractivity contribution in [2.24, 2.45) is 13.0 Å². The number of hydrogen-bond acceptors (Lipinski definition) is 6. The van der Waals surface area contributed by atoms with Crippen molar-refractivity contribution in [2.45, 2.75) is 70.4 Å². The summed E-state index contributed by atoms with van der Waals surface area (Å²) in [6.07, 6.45) is 14.8. The minimum atomic E-state index is -0.241. The van der Waals surface area contributed by atoms with E-state index in [-0.39, 0.29) is 16.9 Å². The molecular formula is C28H34N8O. The monoisotopic (exact) mass is 498 g/mol. The van der Waals surface area contributed by atoms with Crippen molar-refractivity contribution in [3.63, 3.8) is 0 Å². The first-order valence-electron chi connectivity index (χ1n) is 13.1. The molecular weight excluding hydrogens is 464 g/mol. The average molecular weight is 499 g/mol. The lowest BCUT2D eigenvalue weighted by Crippen LogP contribution is -2.47. The molecule has 0 unspecified atom stereocenters. The second-order valence-corrected chi connectivity index (χ2v) is 11.4. The molecule has 0 spiro atoms. The minimum Gasteiger partial charge on any atom is -0.320 e. The molecule has 4 aromatic heterocycles. The molecule has 0 saturated heterocycles. The molecule has 0 radical (unpaired) electrons. The third-order valence-electron chi connectivity index (χ3n) is 8.35. The maximum absolute atomic E-state index is 13.6. The van der Waals surface area contributed by atoms with E-state index >= 15 is 0 Å². The zero-order valence-corrected chi connectivity index (χ0v) is 22.0. The third kappa shape index (κ3) is 4.11. The van der Waals surface area contributed by atoms with Gasteiger partial charge < -0.3 is 19.6 Å². The lowest BCUT2D eigenvalue weighted by molar-refractivity contribution is 0.102. The summed E-state index contributed by atoms with van der Waals surface area (Å²) in [5.41, 5.74) is 4.92. The number of nitrogens with zero attached hydrogens (tertiary/aromatic N) is 6. The largest absolute Gasteiger partial charge is 0.320 e. The van der Waals surface area contributed by atoms with Crippen LogP contribution in [-0.2, 0) is 19.0 Å². The standard InChI is InChI=1S/C28H34N8O/c1-18-10-28(11-18,26-34-32-17-35(26)4)21-9-22(15-29-14-21)33-25(37)23-8-20(13-31-27(3)6-5-7-27)16-36-19(2)12-30-24(23)36/h8-9,12,14-18,31H,5-7,10-11,13H2,1-4H3,(H,33,37). The normalized spacial score (nSPS) is 22.4. The highest BCUT2D eigenvalue weighted by Crippen LogP contribution is 2.51. The van der Waals surface area contributed by atoms with Gasteiger partial charge >= 0.3 is 0 Å². The van der Waals surface area contributed by atoms with Gasteiger partial charge in [-0.2, -0.15) is 0 Å². The van der Waals surface area contributed by atoms with E-state index in [0.717, 1.165) is 35.5 Å². The topological polar surface area (TPSA) is 102 Å². The van der Waals surface area contributed by atoms with Crippen LogP contribution in [0.1, 0.15) is 79.0 Å². The van der Waals surface area contributed by atoms with E-state index in [1.807, 2.05) is 41.3 Å². The minimum absolute atomic E-state index is 0.186. The Kier molecular flexibility index (Phi) is 5.63. The number of aryl methyl sites for hydroxylation is 2. The van der Waals surface area contributed by atoms with Crippen LogP contribution in [0.2, 0.25) is 0 Å². The van der Waals surface area contributed by atoms with Gasteiger partial charge in [-0.1, -0.05) is 6.92 Å². The van der Waals surface area contributed by atoms with Crippen molar-refractivity contribution >= 4 is 17.2 Å². The number of nitrogens with one attached hydrogen (secondary N) is 2. The molecule has 37 heavy (non-hydrogen) atoms. The van der Waals surface area contributed by atoms with Crippen LogP contribution in [-0.4, -0.2) is 40.6 Å². The van der Waals surface area contributed by atoms with Crippen molar-refractivity contribution < 1.29 is 4.79 Å². The first-order chi connectivity index (χ1) is 17.8. The van der Waals surface area contributed by atoms with Crippen molar-refractivity contribution in [2.75, 3.05) is 5.32 Å². The number of anilines is 1. The van der Waals surface area contributed by atoms with Gasteiger partial charge in [-0.05, 0) is 75.1 Å². The molecule has 0 aliphatic heterocycles. The van der Waals surface area contributed by atoms with E-state index in [1.54, 1.807) is 18.7 Å². The number of amides is 1. The Bertz CT molecular complexity index is 1470. The van der Waals surface area contributed by atoms with Gasteiger partial charge in [0, 0.05) is 43.4 Å². The fraction of sp³-hybridized carbons (Fsp3) is 0.464. The Balaban J connectivity index is 1.29. The summed E-state index contributed by atoms with van der Waals surface area (Å²) >= 11 is 0. The summed E-state index contributed by atoms with van der Waals surface area (Å²) in [6.45, 7) is 7.23. The molecule has 9 heteroatoms. The molecule has 4 aromatic rings. The molecule has 0 bridgehead atoms. The molecule has 192 valence electrons. The molecule has 1 amide bonds. The van der Waals surface area contributed by atoms with E-state index in [1.165, 1.54) is 19.3 Å². The predicted molar refractivity (Wildman–Crippen MR) is 141 cm³/mol. The number of hydrogen-bond donors (Lipinski definition) is 2. The van der Waals surface area contributed by atoms with Crippen molar-refractivity contribution in [3.05, 3.63) is 71.5 Å². The molecule has 0 atom stereocenters. The van der Waals surface area contributed by atoms with Crippen LogP contribution >= 0.6 is 0 Å². The number of imidazole rings is 1. The molecule has 9 nitrogen and oxygen atoms in total. The molecule has 2 aliphatic carbocycles. The summed E-state index contributed by atoms with van der Waals surface area (Å²) in [7, 11) is 1.98. The molecule has 2 aliphatic rings. The molecule has 2 saturated carbocycles. The SMILES string of the molecule is Cc1cnc2c(C(=O)Nc3cncc(C4(c5nncn5C)CC(C)C4)c3)cc(CNC3(C)CCC3)cn12. The summed E-state index contributed by atoms with van der Waals surface area (Å²) in [5, 5.41) is 15.3. The number of rotatable bonds is 7. The van der Waals surface area contributed by atoms with E-state index in [4.69, 9.17) is 0 Å². The van der Waals surface area contributed by atoms with Gasteiger partial charge in [0.2, 0.25) is 0 Å². The van der Waals surface area contributed by atoms with Crippen LogP contribution < -0.4 is 10.6 Å². The van der Waals surface area contributed by atoms with E-state index in [9.17, 15) is 4.79 Å². The van der Waals surface area contributed by atoms with Gasteiger partial charge in [0.05, 0.1) is 22.9 Å². The van der Waals surface area contributed by atoms with Crippen molar-refractivity contribution in [3.8, 4) is 0 Å². The Morgan fingerprint density at radius 3 is 2.68 bits per heavy atom. The maximum Gasteiger partial charge on any atom is 0.259 e. The highest BCUT2D eigenvalue weighted by atomic mass is 16.1. The van der Waals surface area contributed by atoms with Crippen LogP contribution in [0.25, 0.3) is 5.65 Å². The quantitative estimate of drug-likeness (QED) is 0.397. The average Bonchev–Trinajstić information content (AvgIpc) is 3.44. The fourth-order valence-electron chi connectivity index (χ4n) is 6.09. The van der Waals surface area contributed by atoms with Crippen LogP contribution in [0.5, 0.6) is 0 Å². The third-order valence-corrected chi connectivity index (χ3v) is 8.35. The number of aromatic nitrogens is 6. The molecule has 6 rings (SSSR count). The van der Waals surface area contributed by atoms with Gasteiger partial charge in [-0.15, -0.1) is 10.2 Å². The second kappa shape index (κ2) is 8.76. The van der Waals surface area contributed by atoms with Crippen molar-refractivity contribution in [1.82, 2.24) is 34.4 Å². The zero-order chi connectivity index (χ0) is 25.8. The Morgan fingerprint density at radius 1 is 1.19 bits per heavy atom. The first-order valence-corrected chi connectivity index (χ1v) is 13.1. The van der Waals surface area contributed by atoms with Crippen LogP contribution in [0.4, 0.5) is 5.69 Å². The molecule has 4 heterocycles. The van der Waals surface area contributed by atoms with Gasteiger partial charge in [0.25, 0.3) is 5.91 Å². The molecule has 0 aromatic carbocycles. The van der Waals surface area contributed by atoms with Crippen LogP contribution in [0.15, 0.2) is 43.2 Å². The number of fused-ring (bicyclic) bond motifs is 1. The van der Waals surface area contributed by atoms with Gasteiger partial charge in [-0.25, -0.2) is 4.98 Å². The van der Waals surface area contributed by atoms with E-state index in [2.05, 4.69) is 50.8 Å². The Labute approximate surface area is 216 Å². The van der Waals surface area contributed by atoms with Crippen molar-refractivity contribution in [1.29, 1.82) is 0 Å².